The van der Waals surface area contributed by atoms with Crippen LogP contribution in [0.1, 0.15) is 45.4 Å². The van der Waals surface area contributed by atoms with Gasteiger partial charge in [0.05, 0.1) is 0 Å². The second-order valence-corrected chi connectivity index (χ2v) is 4.20. The van der Waals surface area contributed by atoms with Crippen LogP contribution in [0.3, 0.4) is 0 Å². The molecule has 2 aliphatic carbocycles. The molecule has 2 aliphatic rings. The minimum atomic E-state index is 0.900. The van der Waals surface area contributed by atoms with E-state index in [2.05, 4.69) is 6.92 Å². The molecular weight excluding hydrogens is 108 g/mol. The van der Waals surface area contributed by atoms with E-state index in [-0.39, 0.29) is 0 Å². The molecule has 1 atom stereocenters. The molecule has 9 heavy (non-hydrogen) atoms. The topological polar surface area (TPSA) is 0 Å². The minimum absolute atomic E-state index is 0.900. The van der Waals surface area contributed by atoms with Gasteiger partial charge in [0, 0.05) is 0 Å². The van der Waals surface area contributed by atoms with E-state index >= 15 is 0 Å². The largest absolute Gasteiger partial charge is 0.0625 e. The van der Waals surface area contributed by atoms with Gasteiger partial charge in [0.25, 0.3) is 0 Å². The zero-order valence-electron chi connectivity index (χ0n) is 6.32. The molecule has 0 heterocycles. The van der Waals surface area contributed by atoms with E-state index in [1.165, 1.54) is 12.8 Å². The summed E-state index contributed by atoms with van der Waals surface area (Å²) in [5.74, 6) is 1.04. The monoisotopic (exact) mass is 124 g/mol. The van der Waals surface area contributed by atoms with E-state index in [9.17, 15) is 0 Å². The zero-order chi connectivity index (χ0) is 6.32. The summed E-state index contributed by atoms with van der Waals surface area (Å²) >= 11 is 0. The highest BCUT2D eigenvalue weighted by Gasteiger charge is 2.44. The van der Waals surface area contributed by atoms with Gasteiger partial charge in [-0.1, -0.05) is 19.8 Å². The predicted molar refractivity (Wildman–Crippen MR) is 39.3 cm³/mol. The maximum absolute atomic E-state index is 2.42. The molecular formula is C9H16. The van der Waals surface area contributed by atoms with Gasteiger partial charge in [0.15, 0.2) is 0 Å². The summed E-state index contributed by atoms with van der Waals surface area (Å²) in [5.41, 5.74) is 0.900. The van der Waals surface area contributed by atoms with Crippen molar-refractivity contribution in [3.8, 4) is 0 Å². The van der Waals surface area contributed by atoms with Gasteiger partial charge in [-0.25, -0.2) is 0 Å². The fourth-order valence-corrected chi connectivity index (χ4v) is 2.40. The Labute approximate surface area is 57.6 Å². The normalized spacial score (nSPS) is 39.0. The summed E-state index contributed by atoms with van der Waals surface area (Å²) in [7, 11) is 0. The SMILES string of the molecule is C[C@@H]1CCCC2(CC2)C1. The van der Waals surface area contributed by atoms with Gasteiger partial charge in [0.2, 0.25) is 0 Å². The van der Waals surface area contributed by atoms with Crippen LogP contribution in [0.15, 0.2) is 0 Å². The van der Waals surface area contributed by atoms with Crippen molar-refractivity contribution in [1.29, 1.82) is 0 Å². The molecule has 2 fully saturated rings. The van der Waals surface area contributed by atoms with Crippen LogP contribution >= 0.6 is 0 Å². The third-order valence-corrected chi connectivity index (χ3v) is 3.14. The van der Waals surface area contributed by atoms with Crippen LogP contribution in [-0.4, -0.2) is 0 Å². The molecule has 0 unspecified atom stereocenters. The Morgan fingerprint density at radius 1 is 1.22 bits per heavy atom. The Hall–Kier alpha value is 0. The van der Waals surface area contributed by atoms with Crippen LogP contribution in [0.4, 0.5) is 0 Å². The summed E-state index contributed by atoms with van der Waals surface area (Å²) < 4.78 is 0. The van der Waals surface area contributed by atoms with E-state index in [0.717, 1.165) is 11.3 Å². The molecule has 2 saturated carbocycles. The second-order valence-electron chi connectivity index (χ2n) is 4.20. The summed E-state index contributed by atoms with van der Waals surface area (Å²) in [6.07, 6.45) is 9.22. The highest BCUT2D eigenvalue weighted by atomic mass is 14.5. The van der Waals surface area contributed by atoms with Gasteiger partial charge >= 0.3 is 0 Å². The first kappa shape index (κ1) is 5.76. The Bertz CT molecular complexity index is 111. The van der Waals surface area contributed by atoms with Crippen molar-refractivity contribution < 1.29 is 0 Å². The van der Waals surface area contributed by atoms with Gasteiger partial charge in [-0.05, 0) is 37.0 Å². The van der Waals surface area contributed by atoms with Crippen LogP contribution in [-0.2, 0) is 0 Å². The standard InChI is InChI=1S/C9H16/c1-8-3-2-4-9(7-8)5-6-9/h8H,2-7H2,1H3/t8-/m1/s1. The van der Waals surface area contributed by atoms with Gasteiger partial charge in [-0.3, -0.25) is 0 Å². The highest BCUT2D eigenvalue weighted by molar-refractivity contribution is 4.96. The van der Waals surface area contributed by atoms with Crippen LogP contribution in [0.5, 0.6) is 0 Å². The molecule has 2 rings (SSSR count). The van der Waals surface area contributed by atoms with Crippen molar-refractivity contribution in [1.82, 2.24) is 0 Å². The van der Waals surface area contributed by atoms with Gasteiger partial charge in [-0.15, -0.1) is 0 Å². The maximum atomic E-state index is 2.42. The summed E-state index contributed by atoms with van der Waals surface area (Å²) in [6, 6.07) is 0. The van der Waals surface area contributed by atoms with E-state index < -0.39 is 0 Å². The molecule has 0 aromatic heterocycles. The third kappa shape index (κ3) is 0.997. The first-order chi connectivity index (χ1) is 4.31. The lowest BCUT2D eigenvalue weighted by atomic mass is 9.80. The molecule has 0 aliphatic heterocycles. The molecule has 1 spiro atoms. The number of hydrogen-bond donors (Lipinski definition) is 0. The first-order valence-corrected chi connectivity index (χ1v) is 4.31. The fourth-order valence-electron chi connectivity index (χ4n) is 2.40. The minimum Gasteiger partial charge on any atom is -0.0625 e. The molecule has 0 nitrogen and oxygen atoms in total. The van der Waals surface area contributed by atoms with Gasteiger partial charge in [-0.2, -0.15) is 0 Å². The van der Waals surface area contributed by atoms with E-state index in [1.807, 2.05) is 0 Å². The average Bonchev–Trinajstić information content (AvgIpc) is 2.49. The van der Waals surface area contributed by atoms with Crippen molar-refractivity contribution in [2.24, 2.45) is 11.3 Å². The summed E-state index contributed by atoms with van der Waals surface area (Å²) in [5, 5.41) is 0. The van der Waals surface area contributed by atoms with E-state index in [0.29, 0.717) is 0 Å². The predicted octanol–water partition coefficient (Wildman–Crippen LogP) is 2.98. The van der Waals surface area contributed by atoms with Crippen molar-refractivity contribution in [2.75, 3.05) is 0 Å². The Kier molecular flexibility index (Phi) is 1.12. The fraction of sp³-hybridized carbons (Fsp3) is 1.00. The van der Waals surface area contributed by atoms with Crippen molar-refractivity contribution >= 4 is 0 Å². The molecule has 0 amide bonds. The summed E-state index contributed by atoms with van der Waals surface area (Å²) in [6.45, 7) is 2.42. The molecule has 52 valence electrons. The van der Waals surface area contributed by atoms with Crippen molar-refractivity contribution in [3.63, 3.8) is 0 Å². The molecule has 0 bridgehead atoms. The van der Waals surface area contributed by atoms with Crippen LogP contribution in [0.25, 0.3) is 0 Å². The Morgan fingerprint density at radius 2 is 2.00 bits per heavy atom. The van der Waals surface area contributed by atoms with E-state index in [1.54, 1.807) is 25.7 Å². The number of hydrogen-bond acceptors (Lipinski definition) is 0. The quantitative estimate of drug-likeness (QED) is 0.465. The van der Waals surface area contributed by atoms with Crippen LogP contribution in [0.2, 0.25) is 0 Å². The van der Waals surface area contributed by atoms with Gasteiger partial charge < -0.3 is 0 Å². The van der Waals surface area contributed by atoms with Crippen molar-refractivity contribution in [2.45, 2.75) is 45.4 Å². The smallest absolute Gasteiger partial charge is 0.0295 e. The van der Waals surface area contributed by atoms with Crippen LogP contribution in [0, 0.1) is 11.3 Å². The average molecular weight is 124 g/mol. The van der Waals surface area contributed by atoms with E-state index in [4.69, 9.17) is 0 Å². The number of rotatable bonds is 0. The summed E-state index contributed by atoms with van der Waals surface area (Å²) in [4.78, 5) is 0. The Morgan fingerprint density at radius 3 is 2.44 bits per heavy atom. The molecule has 0 aromatic rings. The lowest BCUT2D eigenvalue weighted by Crippen LogP contribution is -2.13. The maximum Gasteiger partial charge on any atom is -0.0295 e. The first-order valence-electron chi connectivity index (χ1n) is 4.31. The molecule has 0 N–H and O–H groups in total. The Balaban J connectivity index is 1.96. The molecule has 0 saturated heterocycles. The van der Waals surface area contributed by atoms with Crippen molar-refractivity contribution in [3.05, 3.63) is 0 Å². The van der Waals surface area contributed by atoms with Crippen LogP contribution < -0.4 is 0 Å². The van der Waals surface area contributed by atoms with Gasteiger partial charge in [0.1, 0.15) is 0 Å². The zero-order valence-corrected chi connectivity index (χ0v) is 6.32. The second kappa shape index (κ2) is 1.74. The lowest BCUT2D eigenvalue weighted by Gasteiger charge is -2.25. The molecule has 0 heteroatoms. The highest BCUT2D eigenvalue weighted by Crippen LogP contribution is 2.57. The third-order valence-electron chi connectivity index (χ3n) is 3.14. The lowest BCUT2D eigenvalue weighted by molar-refractivity contribution is 0.263. The molecule has 0 aromatic carbocycles. The molecule has 0 radical (unpaired) electrons.